The normalized spacial score (nSPS) is 21.6. The molecule has 0 aromatic carbocycles. The summed E-state index contributed by atoms with van der Waals surface area (Å²) < 4.78 is 0. The minimum absolute atomic E-state index is 0.326. The minimum atomic E-state index is -0.602. The number of hydrogen-bond acceptors (Lipinski definition) is 4. The number of anilines is 1. The lowest BCUT2D eigenvalue weighted by Crippen LogP contribution is -2.44. The fourth-order valence-electron chi connectivity index (χ4n) is 2.35. The zero-order valence-corrected chi connectivity index (χ0v) is 11.3. The van der Waals surface area contributed by atoms with Crippen LogP contribution in [0, 0.1) is 5.92 Å². The van der Waals surface area contributed by atoms with Crippen LogP contribution in [-0.4, -0.2) is 28.8 Å². The Labute approximate surface area is 108 Å². The molecule has 1 saturated heterocycles. The van der Waals surface area contributed by atoms with E-state index in [4.69, 9.17) is 0 Å². The summed E-state index contributed by atoms with van der Waals surface area (Å²) >= 11 is 4.19. The Morgan fingerprint density at radius 1 is 1.47 bits per heavy atom. The van der Waals surface area contributed by atoms with Crippen molar-refractivity contribution in [1.29, 1.82) is 0 Å². The first kappa shape index (κ1) is 12.7. The third kappa shape index (κ3) is 3.13. The van der Waals surface area contributed by atoms with Gasteiger partial charge in [0.25, 0.3) is 0 Å². The van der Waals surface area contributed by atoms with E-state index in [-0.39, 0.29) is 0 Å². The number of rotatable bonds is 2. The van der Waals surface area contributed by atoms with Crippen molar-refractivity contribution in [3.05, 3.63) is 18.3 Å². The highest BCUT2D eigenvalue weighted by atomic mass is 32.1. The smallest absolute Gasteiger partial charge is 0.0930 e. The van der Waals surface area contributed by atoms with E-state index >= 15 is 0 Å². The lowest BCUT2D eigenvalue weighted by Gasteiger charge is -2.39. The molecule has 0 amide bonds. The summed E-state index contributed by atoms with van der Waals surface area (Å²) in [5.41, 5.74) is 0.520. The summed E-state index contributed by atoms with van der Waals surface area (Å²) in [6.07, 6.45) is 4.07. The van der Waals surface area contributed by atoms with E-state index in [1.54, 1.807) is 0 Å². The third-order valence-corrected chi connectivity index (χ3v) is 3.78. The predicted octanol–water partition coefficient (Wildman–Crippen LogP) is 2.36. The van der Waals surface area contributed by atoms with Gasteiger partial charge in [-0.3, -0.25) is 0 Å². The molecule has 1 atom stereocenters. The van der Waals surface area contributed by atoms with Crippen LogP contribution >= 0.6 is 12.6 Å². The standard InChI is InChI=1S/C13H20N2OS/c1-13(2,16)10-4-3-7-15(9-10)11-5-6-12(17)14-8-11/h5-6,8,10,16H,3-4,7,9H2,1-2H3,(H,14,17)/t10-/m1/s1. The SMILES string of the molecule is CC(C)(O)[C@@H]1CCCN(c2ccc(S)nc2)C1. The third-order valence-electron chi connectivity index (χ3n) is 3.52. The van der Waals surface area contributed by atoms with Crippen molar-refractivity contribution in [2.45, 2.75) is 37.3 Å². The van der Waals surface area contributed by atoms with Crippen LogP contribution < -0.4 is 4.90 Å². The van der Waals surface area contributed by atoms with Crippen molar-refractivity contribution >= 4 is 18.3 Å². The highest BCUT2D eigenvalue weighted by molar-refractivity contribution is 7.80. The summed E-state index contributed by atoms with van der Waals surface area (Å²) in [6.45, 7) is 5.74. The molecule has 2 heterocycles. The Bertz CT molecular complexity index is 372. The second-order valence-corrected chi connectivity index (χ2v) is 5.77. The van der Waals surface area contributed by atoms with Gasteiger partial charge < -0.3 is 10.0 Å². The van der Waals surface area contributed by atoms with Crippen molar-refractivity contribution in [1.82, 2.24) is 4.98 Å². The lowest BCUT2D eigenvalue weighted by molar-refractivity contribution is 0.0110. The molecule has 0 aliphatic carbocycles. The molecule has 94 valence electrons. The van der Waals surface area contributed by atoms with Gasteiger partial charge in [0.05, 0.1) is 22.5 Å². The molecule has 1 fully saturated rings. The molecule has 0 unspecified atom stereocenters. The Kier molecular flexibility index (Phi) is 3.64. The van der Waals surface area contributed by atoms with Crippen LogP contribution in [0.5, 0.6) is 0 Å². The molecule has 1 aliphatic rings. The quantitative estimate of drug-likeness (QED) is 0.793. The predicted molar refractivity (Wildman–Crippen MR) is 72.7 cm³/mol. The molecule has 0 spiro atoms. The molecule has 3 nitrogen and oxygen atoms in total. The monoisotopic (exact) mass is 252 g/mol. The van der Waals surface area contributed by atoms with Crippen molar-refractivity contribution < 1.29 is 5.11 Å². The summed E-state index contributed by atoms with van der Waals surface area (Å²) in [5, 5.41) is 10.8. The molecular weight excluding hydrogens is 232 g/mol. The fourth-order valence-corrected chi connectivity index (χ4v) is 2.49. The van der Waals surface area contributed by atoms with Crippen LogP contribution in [0.1, 0.15) is 26.7 Å². The van der Waals surface area contributed by atoms with Crippen molar-refractivity contribution in [3.8, 4) is 0 Å². The van der Waals surface area contributed by atoms with E-state index in [0.717, 1.165) is 36.6 Å². The summed E-state index contributed by atoms with van der Waals surface area (Å²) in [4.78, 5) is 6.50. The highest BCUT2D eigenvalue weighted by Crippen LogP contribution is 2.29. The Morgan fingerprint density at radius 3 is 2.82 bits per heavy atom. The fraction of sp³-hybridized carbons (Fsp3) is 0.615. The first-order valence-corrected chi connectivity index (χ1v) is 6.54. The maximum absolute atomic E-state index is 10.1. The molecule has 0 radical (unpaired) electrons. The van der Waals surface area contributed by atoms with Gasteiger partial charge in [0.2, 0.25) is 0 Å². The van der Waals surface area contributed by atoms with Gasteiger partial charge >= 0.3 is 0 Å². The topological polar surface area (TPSA) is 36.4 Å². The Hall–Kier alpha value is -0.740. The molecule has 1 aromatic rings. The van der Waals surface area contributed by atoms with Crippen LogP contribution in [0.4, 0.5) is 5.69 Å². The first-order valence-electron chi connectivity index (χ1n) is 6.09. The van der Waals surface area contributed by atoms with Crippen LogP contribution in [0.25, 0.3) is 0 Å². The molecule has 2 rings (SSSR count). The van der Waals surface area contributed by atoms with Gasteiger partial charge in [-0.2, -0.15) is 0 Å². The van der Waals surface area contributed by atoms with E-state index in [2.05, 4.69) is 22.5 Å². The molecule has 0 bridgehead atoms. The van der Waals surface area contributed by atoms with E-state index < -0.39 is 5.60 Å². The second kappa shape index (κ2) is 4.86. The van der Waals surface area contributed by atoms with E-state index in [1.165, 1.54) is 0 Å². The maximum atomic E-state index is 10.1. The molecule has 1 aromatic heterocycles. The van der Waals surface area contributed by atoms with Gasteiger partial charge in [-0.25, -0.2) is 4.98 Å². The molecular formula is C13H20N2OS. The number of piperidine rings is 1. The Balaban J connectivity index is 2.09. The van der Waals surface area contributed by atoms with Crippen LogP contribution in [0.15, 0.2) is 23.4 Å². The number of pyridine rings is 1. The molecule has 1 aliphatic heterocycles. The van der Waals surface area contributed by atoms with Gasteiger partial charge in [0.1, 0.15) is 0 Å². The first-order chi connectivity index (χ1) is 7.97. The van der Waals surface area contributed by atoms with Gasteiger partial charge in [-0.05, 0) is 38.8 Å². The zero-order chi connectivity index (χ0) is 12.5. The molecule has 4 heteroatoms. The zero-order valence-electron chi connectivity index (χ0n) is 10.4. The summed E-state index contributed by atoms with van der Waals surface area (Å²) in [5.74, 6) is 0.326. The van der Waals surface area contributed by atoms with E-state index in [1.807, 2.05) is 32.2 Å². The minimum Gasteiger partial charge on any atom is -0.390 e. The van der Waals surface area contributed by atoms with Crippen LogP contribution in [0.3, 0.4) is 0 Å². The van der Waals surface area contributed by atoms with E-state index in [9.17, 15) is 5.11 Å². The number of thiol groups is 1. The highest BCUT2D eigenvalue weighted by Gasteiger charge is 2.31. The van der Waals surface area contributed by atoms with Gasteiger partial charge in [0.15, 0.2) is 0 Å². The number of aromatic nitrogens is 1. The summed E-state index contributed by atoms with van der Waals surface area (Å²) in [7, 11) is 0. The van der Waals surface area contributed by atoms with Crippen LogP contribution in [-0.2, 0) is 0 Å². The molecule has 17 heavy (non-hydrogen) atoms. The average molecular weight is 252 g/mol. The largest absolute Gasteiger partial charge is 0.390 e. The van der Waals surface area contributed by atoms with Gasteiger partial charge in [-0.15, -0.1) is 12.6 Å². The molecule has 1 N–H and O–H groups in total. The second-order valence-electron chi connectivity index (χ2n) is 5.31. The van der Waals surface area contributed by atoms with Gasteiger partial charge in [0, 0.05) is 19.0 Å². The Morgan fingerprint density at radius 2 is 2.24 bits per heavy atom. The van der Waals surface area contributed by atoms with Crippen molar-refractivity contribution in [2.24, 2.45) is 5.92 Å². The number of nitrogens with zero attached hydrogens (tertiary/aromatic N) is 2. The lowest BCUT2D eigenvalue weighted by atomic mass is 9.84. The van der Waals surface area contributed by atoms with Crippen molar-refractivity contribution in [3.63, 3.8) is 0 Å². The maximum Gasteiger partial charge on any atom is 0.0930 e. The average Bonchev–Trinajstić information content (AvgIpc) is 2.29. The molecule has 0 saturated carbocycles. The van der Waals surface area contributed by atoms with Gasteiger partial charge in [-0.1, -0.05) is 0 Å². The van der Waals surface area contributed by atoms with E-state index in [0.29, 0.717) is 5.92 Å². The van der Waals surface area contributed by atoms with Crippen LogP contribution in [0.2, 0.25) is 0 Å². The number of hydrogen-bond donors (Lipinski definition) is 2. The summed E-state index contributed by atoms with van der Waals surface area (Å²) in [6, 6.07) is 3.95. The van der Waals surface area contributed by atoms with Crippen molar-refractivity contribution in [2.75, 3.05) is 18.0 Å². The number of aliphatic hydroxyl groups is 1.